The summed E-state index contributed by atoms with van der Waals surface area (Å²) in [6.07, 6.45) is 2.47. The van der Waals surface area contributed by atoms with Crippen molar-refractivity contribution in [3.63, 3.8) is 0 Å². The number of amides is 1. The van der Waals surface area contributed by atoms with Crippen LogP contribution < -0.4 is 5.32 Å². The third kappa shape index (κ3) is 2.94. The molecule has 4 nitrogen and oxygen atoms in total. The molecule has 21 heavy (non-hydrogen) atoms. The fraction of sp³-hybridized carbons (Fsp3) is 0.176. The summed E-state index contributed by atoms with van der Waals surface area (Å²) in [5, 5.41) is 2.96. The lowest BCUT2D eigenvalue weighted by Gasteiger charge is -2.07. The Morgan fingerprint density at radius 1 is 1.24 bits per heavy atom. The highest BCUT2D eigenvalue weighted by atomic mass is 16.1. The van der Waals surface area contributed by atoms with Gasteiger partial charge in [0.1, 0.15) is 0 Å². The predicted molar refractivity (Wildman–Crippen MR) is 83.3 cm³/mol. The number of nitrogens with one attached hydrogen (secondary N) is 2. The molecule has 4 heteroatoms. The van der Waals surface area contributed by atoms with Gasteiger partial charge in [-0.15, -0.1) is 0 Å². The maximum Gasteiger partial charge on any atom is 0.251 e. The van der Waals surface area contributed by atoms with Crippen LogP contribution in [0.3, 0.4) is 0 Å². The van der Waals surface area contributed by atoms with Crippen molar-refractivity contribution in [1.29, 1.82) is 0 Å². The van der Waals surface area contributed by atoms with Crippen molar-refractivity contribution < 1.29 is 4.79 Å². The normalized spacial score (nSPS) is 10.7. The molecule has 106 valence electrons. The fourth-order valence-electron chi connectivity index (χ4n) is 2.38. The van der Waals surface area contributed by atoms with E-state index in [4.69, 9.17) is 0 Å². The second kappa shape index (κ2) is 5.79. The number of carbonyl (C=O) groups excluding carboxylic acids is 1. The topological polar surface area (TPSA) is 57.8 Å². The van der Waals surface area contributed by atoms with Gasteiger partial charge in [0.2, 0.25) is 0 Å². The summed E-state index contributed by atoms with van der Waals surface area (Å²) >= 11 is 0. The molecule has 0 saturated carbocycles. The molecule has 0 saturated heterocycles. The fourth-order valence-corrected chi connectivity index (χ4v) is 2.38. The summed E-state index contributed by atoms with van der Waals surface area (Å²) in [6, 6.07) is 13.7. The number of H-pyrrole nitrogens is 1. The van der Waals surface area contributed by atoms with E-state index in [9.17, 15) is 4.79 Å². The smallest absolute Gasteiger partial charge is 0.251 e. The number of hydrogen-bond donors (Lipinski definition) is 2. The Morgan fingerprint density at radius 3 is 2.95 bits per heavy atom. The Labute approximate surface area is 123 Å². The summed E-state index contributed by atoms with van der Waals surface area (Å²) in [4.78, 5) is 19.3. The number of aromatic nitrogens is 2. The van der Waals surface area contributed by atoms with Gasteiger partial charge in [0.05, 0.1) is 17.4 Å². The molecule has 3 aromatic rings. The van der Waals surface area contributed by atoms with Gasteiger partial charge in [-0.2, -0.15) is 0 Å². The molecular formula is C17H17N3O. The van der Waals surface area contributed by atoms with Crippen molar-refractivity contribution >= 4 is 16.9 Å². The molecule has 2 aromatic carbocycles. The molecule has 1 heterocycles. The SMILES string of the molecule is Cc1ccccc1CCNC(=O)c1ccc2nc[nH]c2c1. The highest BCUT2D eigenvalue weighted by Gasteiger charge is 2.07. The molecule has 0 unspecified atom stereocenters. The second-order valence-corrected chi connectivity index (χ2v) is 5.07. The Kier molecular flexibility index (Phi) is 3.69. The number of hydrogen-bond acceptors (Lipinski definition) is 2. The van der Waals surface area contributed by atoms with Crippen molar-refractivity contribution in [2.24, 2.45) is 0 Å². The standard InChI is InChI=1S/C17H17N3O/c1-12-4-2-3-5-13(12)8-9-18-17(21)14-6-7-15-16(10-14)20-11-19-15/h2-7,10-11H,8-9H2,1H3,(H,18,21)(H,19,20). The highest BCUT2D eigenvalue weighted by molar-refractivity contribution is 5.97. The zero-order chi connectivity index (χ0) is 14.7. The number of aryl methyl sites for hydroxylation is 1. The van der Waals surface area contributed by atoms with E-state index in [2.05, 4.69) is 34.3 Å². The zero-order valence-electron chi connectivity index (χ0n) is 11.9. The number of rotatable bonds is 4. The van der Waals surface area contributed by atoms with Crippen LogP contribution in [-0.4, -0.2) is 22.4 Å². The first-order valence-electron chi connectivity index (χ1n) is 7.00. The predicted octanol–water partition coefficient (Wildman–Crippen LogP) is 2.84. The molecule has 0 atom stereocenters. The van der Waals surface area contributed by atoms with E-state index in [0.717, 1.165) is 17.5 Å². The van der Waals surface area contributed by atoms with E-state index >= 15 is 0 Å². The molecule has 3 rings (SSSR count). The van der Waals surface area contributed by atoms with Crippen molar-refractivity contribution in [1.82, 2.24) is 15.3 Å². The van der Waals surface area contributed by atoms with Gasteiger partial charge in [0.25, 0.3) is 5.91 Å². The largest absolute Gasteiger partial charge is 0.352 e. The van der Waals surface area contributed by atoms with Crippen LogP contribution in [0, 0.1) is 6.92 Å². The summed E-state index contributed by atoms with van der Waals surface area (Å²) in [6.45, 7) is 2.72. The lowest BCUT2D eigenvalue weighted by atomic mass is 10.1. The number of aromatic amines is 1. The van der Waals surface area contributed by atoms with Gasteiger partial charge in [0, 0.05) is 12.1 Å². The first kappa shape index (κ1) is 13.4. The molecule has 0 fully saturated rings. The van der Waals surface area contributed by atoms with Gasteiger partial charge < -0.3 is 10.3 Å². The maximum absolute atomic E-state index is 12.1. The number of carbonyl (C=O) groups is 1. The highest BCUT2D eigenvalue weighted by Crippen LogP contribution is 2.11. The Bertz CT molecular complexity index is 776. The molecule has 0 aliphatic heterocycles. The molecular weight excluding hydrogens is 262 g/mol. The minimum Gasteiger partial charge on any atom is -0.352 e. The quantitative estimate of drug-likeness (QED) is 0.771. The monoisotopic (exact) mass is 279 g/mol. The Morgan fingerprint density at radius 2 is 2.10 bits per heavy atom. The summed E-state index contributed by atoms with van der Waals surface area (Å²) < 4.78 is 0. The Balaban J connectivity index is 1.62. The molecule has 0 spiro atoms. The number of fused-ring (bicyclic) bond motifs is 1. The molecule has 0 aliphatic carbocycles. The van der Waals surface area contributed by atoms with E-state index in [-0.39, 0.29) is 5.91 Å². The van der Waals surface area contributed by atoms with Crippen molar-refractivity contribution in [2.45, 2.75) is 13.3 Å². The summed E-state index contributed by atoms with van der Waals surface area (Å²) in [5.41, 5.74) is 4.91. The van der Waals surface area contributed by atoms with E-state index in [1.807, 2.05) is 24.3 Å². The van der Waals surface area contributed by atoms with Crippen molar-refractivity contribution in [3.05, 3.63) is 65.5 Å². The van der Waals surface area contributed by atoms with E-state index < -0.39 is 0 Å². The van der Waals surface area contributed by atoms with E-state index in [1.165, 1.54) is 11.1 Å². The summed E-state index contributed by atoms with van der Waals surface area (Å²) in [5.74, 6) is -0.0555. The minimum atomic E-state index is -0.0555. The van der Waals surface area contributed by atoms with Crippen LogP contribution in [0.15, 0.2) is 48.8 Å². The second-order valence-electron chi connectivity index (χ2n) is 5.07. The van der Waals surface area contributed by atoms with Crippen LogP contribution in [-0.2, 0) is 6.42 Å². The molecule has 0 radical (unpaired) electrons. The first-order chi connectivity index (χ1) is 10.2. The third-order valence-corrected chi connectivity index (χ3v) is 3.62. The van der Waals surface area contributed by atoms with E-state index in [1.54, 1.807) is 12.4 Å². The number of benzene rings is 2. The van der Waals surface area contributed by atoms with Gasteiger partial charge >= 0.3 is 0 Å². The number of nitrogens with zero attached hydrogens (tertiary/aromatic N) is 1. The van der Waals surface area contributed by atoms with Crippen LogP contribution in [0.5, 0.6) is 0 Å². The van der Waals surface area contributed by atoms with Crippen LogP contribution >= 0.6 is 0 Å². The molecule has 0 bridgehead atoms. The average Bonchev–Trinajstić information content (AvgIpc) is 2.96. The van der Waals surface area contributed by atoms with Gasteiger partial charge in [-0.1, -0.05) is 24.3 Å². The molecule has 0 aliphatic rings. The van der Waals surface area contributed by atoms with Crippen molar-refractivity contribution in [2.75, 3.05) is 6.54 Å². The lowest BCUT2D eigenvalue weighted by Crippen LogP contribution is -2.25. The van der Waals surface area contributed by atoms with Gasteiger partial charge in [-0.3, -0.25) is 4.79 Å². The van der Waals surface area contributed by atoms with Gasteiger partial charge in [-0.25, -0.2) is 4.98 Å². The van der Waals surface area contributed by atoms with E-state index in [0.29, 0.717) is 12.1 Å². The van der Waals surface area contributed by atoms with Crippen LogP contribution in [0.4, 0.5) is 0 Å². The van der Waals surface area contributed by atoms with Crippen LogP contribution in [0.25, 0.3) is 11.0 Å². The maximum atomic E-state index is 12.1. The molecule has 2 N–H and O–H groups in total. The van der Waals surface area contributed by atoms with Gasteiger partial charge in [-0.05, 0) is 42.7 Å². The lowest BCUT2D eigenvalue weighted by molar-refractivity contribution is 0.0954. The van der Waals surface area contributed by atoms with Crippen LogP contribution in [0.1, 0.15) is 21.5 Å². The first-order valence-corrected chi connectivity index (χ1v) is 7.00. The minimum absolute atomic E-state index is 0.0555. The Hall–Kier alpha value is -2.62. The van der Waals surface area contributed by atoms with Gasteiger partial charge in [0.15, 0.2) is 0 Å². The van der Waals surface area contributed by atoms with Crippen molar-refractivity contribution in [3.8, 4) is 0 Å². The van der Waals surface area contributed by atoms with Crippen LogP contribution in [0.2, 0.25) is 0 Å². The third-order valence-electron chi connectivity index (χ3n) is 3.62. The zero-order valence-corrected chi connectivity index (χ0v) is 11.9. The number of imidazole rings is 1. The molecule has 1 amide bonds. The summed E-state index contributed by atoms with van der Waals surface area (Å²) in [7, 11) is 0. The average molecular weight is 279 g/mol. The molecule has 1 aromatic heterocycles.